The van der Waals surface area contributed by atoms with Crippen LogP contribution in [0.15, 0.2) is 35.1 Å². The van der Waals surface area contributed by atoms with Crippen LogP contribution in [0.3, 0.4) is 0 Å². The summed E-state index contributed by atoms with van der Waals surface area (Å²) in [4.78, 5) is 23.5. The molecule has 5 nitrogen and oxygen atoms in total. The van der Waals surface area contributed by atoms with Crippen molar-refractivity contribution in [3.8, 4) is 11.1 Å². The van der Waals surface area contributed by atoms with Gasteiger partial charge in [0.25, 0.3) is 5.56 Å². The van der Waals surface area contributed by atoms with Gasteiger partial charge in [-0.1, -0.05) is 12.1 Å². The Kier molecular flexibility index (Phi) is 3.93. The molecule has 0 atom stereocenters. The maximum atomic E-state index is 12.9. The van der Waals surface area contributed by atoms with Crippen LogP contribution < -0.4 is 5.56 Å². The Bertz CT molecular complexity index is 678. The normalized spacial score (nSPS) is 10.6. The summed E-state index contributed by atoms with van der Waals surface area (Å²) < 4.78 is 17.9. The number of ether oxygens (including phenoxy) is 1. The van der Waals surface area contributed by atoms with Gasteiger partial charge in [-0.05, 0) is 37.6 Å². The van der Waals surface area contributed by atoms with Crippen LogP contribution in [0.2, 0.25) is 0 Å². The van der Waals surface area contributed by atoms with Gasteiger partial charge in [0.1, 0.15) is 5.82 Å². The third-order valence-electron chi connectivity index (χ3n) is 2.51. The number of carbonyl (C=O) groups excluding carboxylic acids is 1. The summed E-state index contributed by atoms with van der Waals surface area (Å²) in [6, 6.07) is 6.72. The molecule has 2 rings (SSSR count). The first-order valence-electron chi connectivity index (χ1n) is 6.04. The second kappa shape index (κ2) is 5.64. The zero-order valence-corrected chi connectivity index (χ0v) is 11.0. The van der Waals surface area contributed by atoms with Crippen LogP contribution in [0.5, 0.6) is 0 Å². The standard InChI is InChI=1S/C14H13FN2O3/c1-8(2)20-14(19)12-7-11(13(18)17-16-12)9-3-5-10(15)6-4-9/h3-8H,1-2H3,(H,17,18). The van der Waals surface area contributed by atoms with E-state index >= 15 is 0 Å². The molecule has 20 heavy (non-hydrogen) atoms. The van der Waals surface area contributed by atoms with Gasteiger partial charge in [-0.2, -0.15) is 5.10 Å². The van der Waals surface area contributed by atoms with Gasteiger partial charge >= 0.3 is 5.97 Å². The van der Waals surface area contributed by atoms with Gasteiger partial charge in [-0.25, -0.2) is 14.3 Å². The lowest BCUT2D eigenvalue weighted by Gasteiger charge is -2.07. The Morgan fingerprint density at radius 3 is 2.55 bits per heavy atom. The van der Waals surface area contributed by atoms with Gasteiger partial charge in [0.05, 0.1) is 11.7 Å². The Balaban J connectivity index is 2.41. The van der Waals surface area contributed by atoms with E-state index in [1.165, 1.54) is 30.3 Å². The molecule has 1 N–H and O–H groups in total. The molecular weight excluding hydrogens is 263 g/mol. The number of hydrogen-bond donors (Lipinski definition) is 1. The highest BCUT2D eigenvalue weighted by Crippen LogP contribution is 2.16. The van der Waals surface area contributed by atoms with Crippen molar-refractivity contribution in [2.24, 2.45) is 0 Å². The fourth-order valence-electron chi connectivity index (χ4n) is 1.63. The van der Waals surface area contributed by atoms with Crippen molar-refractivity contribution in [2.45, 2.75) is 20.0 Å². The van der Waals surface area contributed by atoms with Crippen molar-refractivity contribution in [1.29, 1.82) is 0 Å². The molecule has 2 aromatic rings. The smallest absolute Gasteiger partial charge is 0.359 e. The number of halogens is 1. The molecule has 0 radical (unpaired) electrons. The first-order valence-corrected chi connectivity index (χ1v) is 6.04. The van der Waals surface area contributed by atoms with Crippen LogP contribution in [0.4, 0.5) is 4.39 Å². The third kappa shape index (κ3) is 3.09. The zero-order chi connectivity index (χ0) is 14.7. The number of aromatic amines is 1. The van der Waals surface area contributed by atoms with E-state index in [1.54, 1.807) is 13.8 Å². The Labute approximate surface area is 114 Å². The maximum absolute atomic E-state index is 12.9. The number of nitrogens with one attached hydrogen (secondary N) is 1. The van der Waals surface area contributed by atoms with Crippen LogP contribution in [0.1, 0.15) is 24.3 Å². The first kappa shape index (κ1) is 13.9. The highest BCUT2D eigenvalue weighted by atomic mass is 19.1. The van der Waals surface area contributed by atoms with Gasteiger partial charge in [0.2, 0.25) is 0 Å². The third-order valence-corrected chi connectivity index (χ3v) is 2.51. The van der Waals surface area contributed by atoms with E-state index in [1.807, 2.05) is 0 Å². The molecular formula is C14H13FN2O3. The number of H-pyrrole nitrogens is 1. The van der Waals surface area contributed by atoms with Gasteiger partial charge in [0, 0.05) is 0 Å². The van der Waals surface area contributed by atoms with E-state index in [0.717, 1.165) is 0 Å². The van der Waals surface area contributed by atoms with E-state index in [9.17, 15) is 14.0 Å². The quantitative estimate of drug-likeness (QED) is 0.872. The minimum Gasteiger partial charge on any atom is -0.458 e. The van der Waals surface area contributed by atoms with E-state index < -0.39 is 17.3 Å². The van der Waals surface area contributed by atoms with Crippen molar-refractivity contribution in [3.63, 3.8) is 0 Å². The molecule has 0 fully saturated rings. The predicted molar refractivity (Wildman–Crippen MR) is 70.8 cm³/mol. The molecule has 0 spiro atoms. The lowest BCUT2D eigenvalue weighted by molar-refractivity contribution is 0.0369. The number of hydrogen-bond acceptors (Lipinski definition) is 4. The number of nitrogens with zero attached hydrogens (tertiary/aromatic N) is 1. The fourth-order valence-corrected chi connectivity index (χ4v) is 1.63. The second-order valence-corrected chi connectivity index (χ2v) is 4.46. The summed E-state index contributed by atoms with van der Waals surface area (Å²) >= 11 is 0. The minimum absolute atomic E-state index is 0.00220. The monoisotopic (exact) mass is 276 g/mol. The van der Waals surface area contributed by atoms with Crippen LogP contribution >= 0.6 is 0 Å². The highest BCUT2D eigenvalue weighted by Gasteiger charge is 2.14. The lowest BCUT2D eigenvalue weighted by Crippen LogP contribution is -2.18. The molecule has 0 saturated carbocycles. The summed E-state index contributed by atoms with van der Waals surface area (Å²) in [5, 5.41) is 5.88. The van der Waals surface area contributed by atoms with Crippen LogP contribution in [-0.2, 0) is 4.74 Å². The number of rotatable bonds is 3. The molecule has 1 heterocycles. The van der Waals surface area contributed by atoms with Gasteiger partial charge in [0.15, 0.2) is 5.69 Å². The molecule has 0 amide bonds. The molecule has 0 aliphatic carbocycles. The molecule has 0 bridgehead atoms. The summed E-state index contributed by atoms with van der Waals surface area (Å²) in [7, 11) is 0. The number of carbonyl (C=O) groups is 1. The average molecular weight is 276 g/mol. The summed E-state index contributed by atoms with van der Waals surface area (Å²) in [6.45, 7) is 3.43. The Morgan fingerprint density at radius 2 is 1.95 bits per heavy atom. The van der Waals surface area contributed by atoms with E-state index in [2.05, 4.69) is 10.2 Å². The summed E-state index contributed by atoms with van der Waals surface area (Å²) in [5.74, 6) is -1.03. The van der Waals surface area contributed by atoms with E-state index in [4.69, 9.17) is 4.74 Å². The van der Waals surface area contributed by atoms with Crippen LogP contribution in [-0.4, -0.2) is 22.3 Å². The SMILES string of the molecule is CC(C)OC(=O)c1cc(-c2ccc(F)cc2)c(=O)[nH]n1. The maximum Gasteiger partial charge on any atom is 0.359 e. The van der Waals surface area contributed by atoms with Crippen molar-refractivity contribution in [3.05, 3.63) is 52.2 Å². The molecule has 104 valence electrons. The van der Waals surface area contributed by atoms with Gasteiger partial charge in [-0.15, -0.1) is 0 Å². The van der Waals surface area contributed by atoms with Gasteiger partial charge < -0.3 is 4.74 Å². The zero-order valence-electron chi connectivity index (χ0n) is 11.0. The molecule has 6 heteroatoms. The minimum atomic E-state index is -0.625. The molecule has 0 aliphatic rings. The molecule has 1 aromatic heterocycles. The number of esters is 1. The second-order valence-electron chi connectivity index (χ2n) is 4.46. The first-order chi connectivity index (χ1) is 9.47. The highest BCUT2D eigenvalue weighted by molar-refractivity contribution is 5.88. The van der Waals surface area contributed by atoms with Crippen molar-refractivity contribution >= 4 is 5.97 Å². The predicted octanol–water partition coefficient (Wildman–Crippen LogP) is 2.14. The largest absolute Gasteiger partial charge is 0.458 e. The molecule has 0 saturated heterocycles. The van der Waals surface area contributed by atoms with Crippen LogP contribution in [0, 0.1) is 5.82 Å². The molecule has 1 aromatic carbocycles. The fraction of sp³-hybridized carbons (Fsp3) is 0.214. The van der Waals surface area contributed by atoms with Crippen molar-refractivity contribution < 1.29 is 13.9 Å². The molecule has 0 unspecified atom stereocenters. The Hall–Kier alpha value is -2.50. The Morgan fingerprint density at radius 1 is 1.30 bits per heavy atom. The summed E-state index contributed by atoms with van der Waals surface area (Å²) in [6.07, 6.45) is -0.287. The van der Waals surface area contributed by atoms with E-state index in [-0.39, 0.29) is 17.4 Å². The lowest BCUT2D eigenvalue weighted by atomic mass is 10.1. The summed E-state index contributed by atoms with van der Waals surface area (Å²) in [5.41, 5.74) is 0.264. The number of aromatic nitrogens is 2. The van der Waals surface area contributed by atoms with Crippen LogP contribution in [0.25, 0.3) is 11.1 Å². The van der Waals surface area contributed by atoms with Gasteiger partial charge in [-0.3, -0.25) is 4.79 Å². The topological polar surface area (TPSA) is 72.1 Å². The van der Waals surface area contributed by atoms with E-state index in [0.29, 0.717) is 5.56 Å². The average Bonchev–Trinajstić information content (AvgIpc) is 2.39. The molecule has 0 aliphatic heterocycles. The number of benzene rings is 1. The van der Waals surface area contributed by atoms with Crippen molar-refractivity contribution in [2.75, 3.05) is 0 Å². The van der Waals surface area contributed by atoms with Crippen molar-refractivity contribution in [1.82, 2.24) is 10.2 Å².